The molecule has 0 radical (unpaired) electrons. The molecule has 0 fully saturated rings. The zero-order chi connectivity index (χ0) is 24.0. The van der Waals surface area contributed by atoms with Gasteiger partial charge in [0.2, 0.25) is 0 Å². The second kappa shape index (κ2) is 10.6. The predicted molar refractivity (Wildman–Crippen MR) is 130 cm³/mol. The van der Waals surface area contributed by atoms with Crippen molar-refractivity contribution in [1.29, 1.82) is 0 Å². The van der Waals surface area contributed by atoms with Crippen LogP contribution in [-0.2, 0) is 14.8 Å². The normalized spacial score (nSPS) is 11.0. The van der Waals surface area contributed by atoms with Crippen LogP contribution in [0.2, 0.25) is 5.02 Å². The molecule has 0 unspecified atom stereocenters. The van der Waals surface area contributed by atoms with Crippen molar-refractivity contribution >= 4 is 38.9 Å². The zero-order valence-electron chi connectivity index (χ0n) is 18.5. The maximum absolute atomic E-state index is 13.0. The van der Waals surface area contributed by atoms with Crippen molar-refractivity contribution in [1.82, 2.24) is 0 Å². The Hall–Kier alpha value is -3.23. The standard InChI is InChI=1S/C24H25ClN2O5S/c1-4-27(33(29,30)21-12-5-17(2)6-13-21)19-8-10-20(11-9-19)32-16-24(28)26-22-15-18(25)7-14-23(22)31-3/h5-15H,4,16H2,1-3H3,(H,26,28). The van der Waals surface area contributed by atoms with Gasteiger partial charge in [0.25, 0.3) is 15.9 Å². The topological polar surface area (TPSA) is 84.9 Å². The number of benzene rings is 3. The molecule has 0 spiro atoms. The Morgan fingerprint density at radius 2 is 1.70 bits per heavy atom. The highest BCUT2D eigenvalue weighted by molar-refractivity contribution is 7.92. The second-order valence-electron chi connectivity index (χ2n) is 7.16. The number of halogens is 1. The monoisotopic (exact) mass is 488 g/mol. The molecule has 0 aliphatic rings. The van der Waals surface area contributed by atoms with Gasteiger partial charge in [-0.2, -0.15) is 0 Å². The molecule has 174 valence electrons. The molecule has 1 amide bonds. The second-order valence-corrected chi connectivity index (χ2v) is 9.46. The van der Waals surface area contributed by atoms with E-state index in [9.17, 15) is 13.2 Å². The van der Waals surface area contributed by atoms with E-state index >= 15 is 0 Å². The number of hydrogen-bond donors (Lipinski definition) is 1. The fraction of sp³-hybridized carbons (Fsp3) is 0.208. The highest BCUT2D eigenvalue weighted by atomic mass is 35.5. The lowest BCUT2D eigenvalue weighted by Gasteiger charge is -2.23. The molecule has 3 aromatic rings. The summed E-state index contributed by atoms with van der Waals surface area (Å²) in [5, 5.41) is 3.15. The smallest absolute Gasteiger partial charge is 0.264 e. The first kappa shape index (κ1) is 24.4. The molecular weight excluding hydrogens is 464 g/mol. The van der Waals surface area contributed by atoms with Crippen molar-refractivity contribution in [3.63, 3.8) is 0 Å². The van der Waals surface area contributed by atoms with Crippen LogP contribution in [0.3, 0.4) is 0 Å². The summed E-state index contributed by atoms with van der Waals surface area (Å²) >= 11 is 5.98. The number of aryl methyl sites for hydroxylation is 1. The van der Waals surface area contributed by atoms with Crippen LogP contribution in [0.25, 0.3) is 0 Å². The number of carbonyl (C=O) groups is 1. The summed E-state index contributed by atoms with van der Waals surface area (Å²) in [7, 11) is -2.20. The summed E-state index contributed by atoms with van der Waals surface area (Å²) in [6, 6.07) is 18.1. The number of amides is 1. The SMILES string of the molecule is CCN(c1ccc(OCC(=O)Nc2cc(Cl)ccc2OC)cc1)S(=O)(=O)c1ccc(C)cc1. The summed E-state index contributed by atoms with van der Waals surface area (Å²) < 4.78 is 38.2. The third-order valence-corrected chi connectivity index (χ3v) is 6.98. The summed E-state index contributed by atoms with van der Waals surface area (Å²) in [6.45, 7) is 3.69. The molecule has 7 nitrogen and oxygen atoms in total. The Labute approximate surface area is 198 Å². The Morgan fingerprint density at radius 3 is 2.30 bits per heavy atom. The largest absolute Gasteiger partial charge is 0.495 e. The number of anilines is 2. The molecule has 0 saturated carbocycles. The fourth-order valence-electron chi connectivity index (χ4n) is 3.15. The lowest BCUT2D eigenvalue weighted by atomic mass is 10.2. The minimum absolute atomic E-state index is 0.225. The predicted octanol–water partition coefficient (Wildman–Crippen LogP) is 4.89. The van der Waals surface area contributed by atoms with Crippen molar-refractivity contribution in [2.75, 3.05) is 29.9 Å². The fourth-order valence-corrected chi connectivity index (χ4v) is 4.80. The lowest BCUT2D eigenvalue weighted by Crippen LogP contribution is -2.30. The van der Waals surface area contributed by atoms with Gasteiger partial charge in [-0.1, -0.05) is 29.3 Å². The summed E-state index contributed by atoms with van der Waals surface area (Å²) in [5.74, 6) is 0.513. The Kier molecular flexibility index (Phi) is 7.84. The molecule has 0 aliphatic carbocycles. The van der Waals surface area contributed by atoms with E-state index in [1.165, 1.54) is 11.4 Å². The van der Waals surface area contributed by atoms with E-state index in [2.05, 4.69) is 5.32 Å². The van der Waals surface area contributed by atoms with E-state index in [-0.39, 0.29) is 18.0 Å². The maximum atomic E-state index is 13.0. The van der Waals surface area contributed by atoms with Gasteiger partial charge in [0.15, 0.2) is 6.61 Å². The number of methoxy groups -OCH3 is 1. The van der Waals surface area contributed by atoms with Crippen LogP contribution in [0.4, 0.5) is 11.4 Å². The van der Waals surface area contributed by atoms with Gasteiger partial charge in [-0.15, -0.1) is 0 Å². The average molecular weight is 489 g/mol. The molecule has 0 saturated heterocycles. The number of rotatable bonds is 9. The van der Waals surface area contributed by atoms with Crippen LogP contribution < -0.4 is 19.1 Å². The van der Waals surface area contributed by atoms with Gasteiger partial charge >= 0.3 is 0 Å². The van der Waals surface area contributed by atoms with Gasteiger partial charge < -0.3 is 14.8 Å². The van der Waals surface area contributed by atoms with Gasteiger partial charge in [-0.05, 0) is 68.4 Å². The van der Waals surface area contributed by atoms with Gasteiger partial charge in [0.05, 0.1) is 23.4 Å². The molecule has 3 aromatic carbocycles. The molecule has 0 atom stereocenters. The first-order valence-electron chi connectivity index (χ1n) is 10.2. The molecule has 0 heterocycles. The summed E-state index contributed by atoms with van der Waals surface area (Å²) in [5.41, 5.74) is 1.92. The van der Waals surface area contributed by atoms with Crippen LogP contribution in [-0.4, -0.2) is 34.6 Å². The molecule has 0 aromatic heterocycles. The minimum atomic E-state index is -3.70. The molecule has 0 aliphatic heterocycles. The summed E-state index contributed by atoms with van der Waals surface area (Å²) in [4.78, 5) is 12.5. The number of hydrogen-bond acceptors (Lipinski definition) is 5. The van der Waals surface area contributed by atoms with Crippen LogP contribution in [0, 0.1) is 6.92 Å². The zero-order valence-corrected chi connectivity index (χ0v) is 20.1. The van der Waals surface area contributed by atoms with Gasteiger partial charge in [-0.25, -0.2) is 8.42 Å². The van der Waals surface area contributed by atoms with E-state index in [1.54, 1.807) is 73.7 Å². The van der Waals surface area contributed by atoms with Crippen LogP contribution in [0.15, 0.2) is 71.6 Å². The van der Waals surface area contributed by atoms with Gasteiger partial charge in [0, 0.05) is 11.6 Å². The molecular formula is C24H25ClN2O5S. The van der Waals surface area contributed by atoms with E-state index in [1.807, 2.05) is 6.92 Å². The van der Waals surface area contributed by atoms with Crippen molar-refractivity contribution in [2.45, 2.75) is 18.7 Å². The van der Waals surface area contributed by atoms with E-state index in [0.717, 1.165) is 5.56 Å². The van der Waals surface area contributed by atoms with Gasteiger partial charge in [-0.3, -0.25) is 9.10 Å². The first-order valence-corrected chi connectivity index (χ1v) is 12.0. The Balaban J connectivity index is 1.66. The van der Waals surface area contributed by atoms with Crippen molar-refractivity contribution in [3.8, 4) is 11.5 Å². The van der Waals surface area contributed by atoms with Crippen LogP contribution in [0.1, 0.15) is 12.5 Å². The quantitative estimate of drug-likeness (QED) is 0.463. The van der Waals surface area contributed by atoms with E-state index < -0.39 is 15.9 Å². The number of carbonyl (C=O) groups excluding carboxylic acids is 1. The Bertz CT molecular complexity index is 1210. The molecule has 1 N–H and O–H groups in total. The minimum Gasteiger partial charge on any atom is -0.495 e. The highest BCUT2D eigenvalue weighted by Crippen LogP contribution is 2.28. The number of nitrogens with one attached hydrogen (secondary N) is 1. The lowest BCUT2D eigenvalue weighted by molar-refractivity contribution is -0.118. The van der Waals surface area contributed by atoms with Crippen LogP contribution in [0.5, 0.6) is 11.5 Å². The number of ether oxygens (including phenoxy) is 2. The molecule has 33 heavy (non-hydrogen) atoms. The van der Waals surface area contributed by atoms with Crippen molar-refractivity contribution < 1.29 is 22.7 Å². The van der Waals surface area contributed by atoms with Crippen molar-refractivity contribution in [2.24, 2.45) is 0 Å². The molecule has 0 bridgehead atoms. The summed E-state index contributed by atoms with van der Waals surface area (Å²) in [6.07, 6.45) is 0. The van der Waals surface area contributed by atoms with E-state index in [0.29, 0.717) is 27.9 Å². The third kappa shape index (κ3) is 5.97. The number of sulfonamides is 1. The maximum Gasteiger partial charge on any atom is 0.264 e. The number of nitrogens with zero attached hydrogens (tertiary/aromatic N) is 1. The first-order chi connectivity index (χ1) is 15.7. The Morgan fingerprint density at radius 1 is 1.03 bits per heavy atom. The van der Waals surface area contributed by atoms with Crippen LogP contribution >= 0.6 is 11.6 Å². The third-order valence-electron chi connectivity index (χ3n) is 4.83. The highest BCUT2D eigenvalue weighted by Gasteiger charge is 2.23. The molecule has 3 rings (SSSR count). The van der Waals surface area contributed by atoms with E-state index in [4.69, 9.17) is 21.1 Å². The average Bonchev–Trinajstić information content (AvgIpc) is 2.79. The van der Waals surface area contributed by atoms with Crippen molar-refractivity contribution in [3.05, 3.63) is 77.3 Å². The van der Waals surface area contributed by atoms with Gasteiger partial charge in [0.1, 0.15) is 11.5 Å². The molecule has 9 heteroatoms.